The van der Waals surface area contributed by atoms with Gasteiger partial charge in [-0.25, -0.2) is 13.6 Å². The molecule has 0 unspecified atom stereocenters. The maximum absolute atomic E-state index is 10.5. The summed E-state index contributed by atoms with van der Waals surface area (Å²) in [6, 6.07) is 0. The van der Waals surface area contributed by atoms with E-state index in [-0.39, 0.29) is 18.2 Å². The average molecular weight is 201 g/mol. The molecule has 1 aliphatic carbocycles. The lowest BCUT2D eigenvalue weighted by Gasteiger charge is -2.36. The Bertz CT molecular complexity index is 223. The summed E-state index contributed by atoms with van der Waals surface area (Å²) in [6.07, 6.45) is 2.58. The molecule has 68 valence electrons. The van der Waals surface area contributed by atoms with E-state index in [9.17, 15) is 8.42 Å². The smallest absolute Gasteiger partial charge is 0.210 e. The SMILES string of the molecule is Cl.NC1(CS(N)(=O)=O)CCC1. The number of hydrogen-bond donors (Lipinski definition) is 2. The van der Waals surface area contributed by atoms with E-state index in [1.54, 1.807) is 0 Å². The first-order valence-corrected chi connectivity index (χ1v) is 4.92. The summed E-state index contributed by atoms with van der Waals surface area (Å²) in [5.41, 5.74) is 5.12. The zero-order valence-corrected chi connectivity index (χ0v) is 7.75. The Balaban J connectivity index is 0.000001000. The van der Waals surface area contributed by atoms with E-state index in [1.165, 1.54) is 0 Å². The van der Waals surface area contributed by atoms with Crippen LogP contribution in [0.15, 0.2) is 0 Å². The molecule has 0 spiro atoms. The van der Waals surface area contributed by atoms with Gasteiger partial charge < -0.3 is 5.73 Å². The highest BCUT2D eigenvalue weighted by Gasteiger charge is 2.35. The van der Waals surface area contributed by atoms with E-state index >= 15 is 0 Å². The fourth-order valence-electron chi connectivity index (χ4n) is 1.18. The number of hydrogen-bond acceptors (Lipinski definition) is 3. The lowest BCUT2D eigenvalue weighted by Crippen LogP contribution is -2.53. The van der Waals surface area contributed by atoms with Crippen molar-refractivity contribution in [1.29, 1.82) is 0 Å². The summed E-state index contributed by atoms with van der Waals surface area (Å²) >= 11 is 0. The molecule has 1 fully saturated rings. The van der Waals surface area contributed by atoms with Gasteiger partial charge in [-0.2, -0.15) is 0 Å². The summed E-state index contributed by atoms with van der Waals surface area (Å²) in [6.45, 7) is 0. The van der Waals surface area contributed by atoms with Gasteiger partial charge >= 0.3 is 0 Å². The lowest BCUT2D eigenvalue weighted by atomic mass is 9.79. The van der Waals surface area contributed by atoms with Crippen LogP contribution in [0.25, 0.3) is 0 Å². The number of rotatable bonds is 2. The highest BCUT2D eigenvalue weighted by molar-refractivity contribution is 7.89. The predicted molar refractivity (Wildman–Crippen MR) is 46.0 cm³/mol. The summed E-state index contributed by atoms with van der Waals surface area (Å²) in [7, 11) is -3.37. The molecule has 0 atom stereocenters. The predicted octanol–water partition coefficient (Wildman–Crippen LogP) is -0.422. The van der Waals surface area contributed by atoms with Crippen LogP contribution in [0.4, 0.5) is 0 Å². The van der Waals surface area contributed by atoms with Crippen molar-refractivity contribution in [2.75, 3.05) is 5.75 Å². The topological polar surface area (TPSA) is 86.2 Å². The van der Waals surface area contributed by atoms with E-state index in [2.05, 4.69) is 0 Å². The van der Waals surface area contributed by atoms with Gasteiger partial charge in [0.05, 0.1) is 5.75 Å². The van der Waals surface area contributed by atoms with Crippen molar-refractivity contribution in [3.63, 3.8) is 0 Å². The van der Waals surface area contributed by atoms with Gasteiger partial charge in [0.2, 0.25) is 10.0 Å². The quantitative estimate of drug-likeness (QED) is 0.635. The molecule has 0 aromatic heterocycles. The molecule has 0 aliphatic heterocycles. The van der Waals surface area contributed by atoms with Gasteiger partial charge in [-0.05, 0) is 19.3 Å². The van der Waals surface area contributed by atoms with E-state index in [0.717, 1.165) is 19.3 Å². The Morgan fingerprint density at radius 3 is 1.91 bits per heavy atom. The standard InChI is InChI=1S/C5H12N2O2S.ClH/c6-5(2-1-3-5)4-10(7,8)9;/h1-4,6H2,(H2,7,8,9);1H. The van der Waals surface area contributed by atoms with Gasteiger partial charge in [0.25, 0.3) is 0 Å². The van der Waals surface area contributed by atoms with Gasteiger partial charge in [0.1, 0.15) is 0 Å². The van der Waals surface area contributed by atoms with Crippen LogP contribution in [0.5, 0.6) is 0 Å². The first kappa shape index (κ1) is 11.2. The molecule has 1 saturated carbocycles. The molecule has 0 bridgehead atoms. The normalized spacial score (nSPS) is 21.6. The van der Waals surface area contributed by atoms with Gasteiger partial charge in [0.15, 0.2) is 0 Å². The van der Waals surface area contributed by atoms with Crippen LogP contribution in [-0.2, 0) is 10.0 Å². The van der Waals surface area contributed by atoms with E-state index in [1.807, 2.05) is 0 Å². The highest BCUT2D eigenvalue weighted by atomic mass is 35.5. The molecule has 11 heavy (non-hydrogen) atoms. The first-order chi connectivity index (χ1) is 4.41. The number of halogens is 1. The number of sulfonamides is 1. The van der Waals surface area contributed by atoms with Crippen LogP contribution >= 0.6 is 12.4 Å². The third-order valence-corrected chi connectivity index (χ3v) is 2.82. The van der Waals surface area contributed by atoms with Crippen LogP contribution in [-0.4, -0.2) is 19.7 Å². The van der Waals surface area contributed by atoms with Crippen molar-refractivity contribution in [3.05, 3.63) is 0 Å². The van der Waals surface area contributed by atoms with Crippen molar-refractivity contribution >= 4 is 22.4 Å². The van der Waals surface area contributed by atoms with Crippen LogP contribution in [0.3, 0.4) is 0 Å². The van der Waals surface area contributed by atoms with Crippen LogP contribution in [0.2, 0.25) is 0 Å². The average Bonchev–Trinajstić information content (AvgIpc) is 1.57. The summed E-state index contributed by atoms with van der Waals surface area (Å²) < 4.78 is 21.1. The molecular weight excluding hydrogens is 188 g/mol. The minimum atomic E-state index is -3.37. The highest BCUT2D eigenvalue weighted by Crippen LogP contribution is 2.29. The van der Waals surface area contributed by atoms with Gasteiger partial charge in [-0.15, -0.1) is 12.4 Å². The second-order valence-electron chi connectivity index (χ2n) is 3.02. The summed E-state index contributed by atoms with van der Waals surface area (Å²) in [4.78, 5) is 0. The molecule has 4 nitrogen and oxygen atoms in total. The second-order valence-corrected chi connectivity index (χ2v) is 4.64. The van der Waals surface area contributed by atoms with E-state index in [4.69, 9.17) is 10.9 Å². The Kier molecular flexibility index (Phi) is 3.31. The fraction of sp³-hybridized carbons (Fsp3) is 1.00. The molecule has 0 amide bonds. The fourth-order valence-corrected chi connectivity index (χ4v) is 2.27. The molecule has 0 aromatic rings. The zero-order valence-electron chi connectivity index (χ0n) is 6.12. The molecule has 0 heterocycles. The van der Waals surface area contributed by atoms with Crippen LogP contribution in [0.1, 0.15) is 19.3 Å². The minimum Gasteiger partial charge on any atom is -0.324 e. The molecule has 0 aromatic carbocycles. The molecule has 0 radical (unpaired) electrons. The Morgan fingerprint density at radius 1 is 1.36 bits per heavy atom. The second kappa shape index (κ2) is 3.26. The minimum absolute atomic E-state index is 0. The van der Waals surface area contributed by atoms with E-state index < -0.39 is 15.6 Å². The maximum Gasteiger partial charge on any atom is 0.210 e. The Hall–Kier alpha value is 0.160. The van der Waals surface area contributed by atoms with Crippen molar-refractivity contribution in [2.24, 2.45) is 10.9 Å². The molecular formula is C5H13ClN2O2S. The largest absolute Gasteiger partial charge is 0.324 e. The maximum atomic E-state index is 10.5. The zero-order chi connectivity index (χ0) is 7.83. The van der Waals surface area contributed by atoms with Gasteiger partial charge in [0, 0.05) is 5.54 Å². The van der Waals surface area contributed by atoms with Crippen LogP contribution in [0, 0.1) is 0 Å². The van der Waals surface area contributed by atoms with Gasteiger partial charge in [-0.3, -0.25) is 0 Å². The third kappa shape index (κ3) is 3.37. The molecule has 1 rings (SSSR count). The molecule has 0 saturated heterocycles. The molecule has 4 N–H and O–H groups in total. The van der Waals surface area contributed by atoms with Crippen molar-refractivity contribution in [2.45, 2.75) is 24.8 Å². The first-order valence-electron chi connectivity index (χ1n) is 3.21. The molecule has 6 heteroatoms. The summed E-state index contributed by atoms with van der Waals surface area (Å²) in [5.74, 6) is -0.0694. The lowest BCUT2D eigenvalue weighted by molar-refractivity contribution is 0.279. The number of nitrogens with two attached hydrogens (primary N) is 2. The molecule has 1 aliphatic rings. The van der Waals surface area contributed by atoms with Crippen molar-refractivity contribution in [3.8, 4) is 0 Å². The monoisotopic (exact) mass is 200 g/mol. The van der Waals surface area contributed by atoms with E-state index in [0.29, 0.717) is 0 Å². The Morgan fingerprint density at radius 2 is 1.82 bits per heavy atom. The third-order valence-electron chi connectivity index (χ3n) is 1.84. The number of primary sulfonamides is 1. The van der Waals surface area contributed by atoms with Crippen molar-refractivity contribution < 1.29 is 8.42 Å². The van der Waals surface area contributed by atoms with Crippen molar-refractivity contribution in [1.82, 2.24) is 0 Å². The summed E-state index contributed by atoms with van der Waals surface area (Å²) in [5, 5.41) is 4.82. The van der Waals surface area contributed by atoms with Crippen LogP contribution < -0.4 is 10.9 Å². The van der Waals surface area contributed by atoms with Gasteiger partial charge in [-0.1, -0.05) is 0 Å². The Labute approximate surface area is 72.8 Å².